The van der Waals surface area contributed by atoms with Gasteiger partial charge in [-0.15, -0.1) is 0 Å². The smallest absolute Gasteiger partial charge is 0.343 e. The number of unbranched alkanes of at least 4 members (excludes halogenated alkanes) is 2. The first-order valence-corrected chi connectivity index (χ1v) is 26.1. The number of esters is 1. The minimum absolute atomic E-state index is 0.0291. The molecule has 3 atom stereocenters. The molecule has 0 bridgehead atoms. The topological polar surface area (TPSA) is 297 Å². The van der Waals surface area contributed by atoms with Crippen molar-refractivity contribution in [3.8, 4) is 11.4 Å². The predicted octanol–water partition coefficient (Wildman–Crippen LogP) is 0.630. The van der Waals surface area contributed by atoms with E-state index in [4.69, 9.17) is 9.72 Å². The molecule has 4 aliphatic rings. The second-order valence-corrected chi connectivity index (χ2v) is 19.9. The number of pyridine rings is 2. The van der Waals surface area contributed by atoms with Crippen LogP contribution in [0, 0.1) is 12.7 Å². The van der Waals surface area contributed by atoms with E-state index in [1.807, 2.05) is 4.90 Å². The second-order valence-electron chi connectivity index (χ2n) is 19.9. The zero-order valence-electron chi connectivity index (χ0n) is 43.7. The van der Waals surface area contributed by atoms with Crippen molar-refractivity contribution < 1.29 is 57.4 Å². The molecule has 3 aliphatic heterocycles. The molecule has 2 aromatic carbocycles. The number of aliphatic hydroxyl groups is 1. The van der Waals surface area contributed by atoms with Crippen molar-refractivity contribution in [3.05, 3.63) is 110 Å². The van der Waals surface area contributed by atoms with Crippen LogP contribution in [0.4, 0.5) is 4.39 Å². The summed E-state index contributed by atoms with van der Waals surface area (Å²) in [5.74, 6) is -5.13. The number of carbonyl (C=O) groups is 9. The molecule has 0 saturated carbocycles. The van der Waals surface area contributed by atoms with Crippen molar-refractivity contribution in [2.45, 2.75) is 102 Å². The number of cyclic esters (lactones) is 1. The van der Waals surface area contributed by atoms with Gasteiger partial charge in [-0.05, 0) is 74.4 Å². The lowest BCUT2D eigenvalue weighted by molar-refractivity contribution is -0.172. The summed E-state index contributed by atoms with van der Waals surface area (Å²) in [6.07, 6.45) is 5.17. The number of halogens is 1. The molecule has 0 saturated heterocycles. The molecular weight excluding hydrogens is 1010 g/mol. The molecule has 0 spiro atoms. The number of fused-ring (bicyclic) bond motifs is 5. The van der Waals surface area contributed by atoms with Crippen LogP contribution in [0.5, 0.6) is 0 Å². The van der Waals surface area contributed by atoms with Gasteiger partial charge in [0.25, 0.3) is 17.4 Å². The van der Waals surface area contributed by atoms with Gasteiger partial charge in [0.05, 0.1) is 54.7 Å². The lowest BCUT2D eigenvalue weighted by Crippen LogP contribution is -2.52. The Balaban J connectivity index is 0.783. The molecule has 8 amide bonds. The Morgan fingerprint density at radius 2 is 1.55 bits per heavy atom. The number of hydrogen-bond acceptors (Lipinski definition) is 14. The summed E-state index contributed by atoms with van der Waals surface area (Å²) in [6, 6.07) is 10.2. The van der Waals surface area contributed by atoms with Gasteiger partial charge in [-0.1, -0.05) is 43.7 Å². The maximum Gasteiger partial charge on any atom is 0.343 e. The highest BCUT2D eigenvalue weighted by molar-refractivity contribution is 6.12. The molecule has 78 heavy (non-hydrogen) atoms. The number of carbonyl (C=O) groups excluding carboxylic acids is 9. The number of ether oxygens (including phenoxy) is 1. The summed E-state index contributed by atoms with van der Waals surface area (Å²) in [5, 5.41) is 28.1. The molecule has 412 valence electrons. The third-order valence-corrected chi connectivity index (χ3v) is 14.7. The first kappa shape index (κ1) is 56.0. The Kier molecular flexibility index (Phi) is 17.6. The van der Waals surface area contributed by atoms with Gasteiger partial charge in [-0.25, -0.2) is 14.2 Å². The zero-order chi connectivity index (χ0) is 55.8. The number of nitrogens with zero attached hydrogens (tertiary/aromatic N) is 4. The molecule has 0 fully saturated rings. The molecule has 22 nitrogen and oxygen atoms in total. The molecule has 1 aliphatic carbocycles. The number of likely N-dealkylation sites (N-methyl/N-ethyl adjacent to an activating group) is 1. The Hall–Kier alpha value is -8.18. The SMILES string of the molecule is CC[C@@]1(O)C(=O)OCc2c1cc1n(c2=O)Cc2c-1nc1cc(F)c(C)c3c1c2[C@@H](NC(=O)CCN(C)CCNC(=O)CNC(=O)C(Cc1ccccc1)NC(=O)CNC(=O)CNC(=O)CCCCCN1C(=O)C=CC1=O)CC3. The lowest BCUT2D eigenvalue weighted by atomic mass is 9.81. The maximum atomic E-state index is 15.4. The van der Waals surface area contributed by atoms with Crippen LogP contribution >= 0.6 is 0 Å². The van der Waals surface area contributed by atoms with Gasteiger partial charge in [0.1, 0.15) is 18.5 Å². The minimum Gasteiger partial charge on any atom is -0.458 e. The average molecular weight is 1080 g/mol. The highest BCUT2D eigenvalue weighted by Gasteiger charge is 2.46. The maximum absolute atomic E-state index is 15.4. The molecule has 2 aromatic heterocycles. The van der Waals surface area contributed by atoms with Crippen molar-refractivity contribution in [3.63, 3.8) is 0 Å². The Morgan fingerprint density at radius 1 is 0.846 bits per heavy atom. The quantitative estimate of drug-likeness (QED) is 0.0254. The van der Waals surface area contributed by atoms with Crippen LogP contribution in [0.1, 0.15) is 96.9 Å². The molecule has 1 unspecified atom stereocenters. The summed E-state index contributed by atoms with van der Waals surface area (Å²) >= 11 is 0. The van der Waals surface area contributed by atoms with Crippen molar-refractivity contribution in [2.75, 3.05) is 52.9 Å². The fourth-order valence-electron chi connectivity index (χ4n) is 10.3. The molecular formula is C55H63FN10O12. The number of aryl methyl sites for hydroxylation is 1. The number of nitrogens with one attached hydrogen (secondary N) is 6. The highest BCUT2D eigenvalue weighted by Crippen LogP contribution is 2.46. The van der Waals surface area contributed by atoms with Gasteiger partial charge in [0.15, 0.2) is 5.60 Å². The van der Waals surface area contributed by atoms with Gasteiger partial charge in [0, 0.05) is 80.2 Å². The van der Waals surface area contributed by atoms with Crippen LogP contribution in [-0.2, 0) is 79.5 Å². The third-order valence-electron chi connectivity index (χ3n) is 14.7. The van der Waals surface area contributed by atoms with E-state index < -0.39 is 71.7 Å². The molecule has 4 aromatic rings. The highest BCUT2D eigenvalue weighted by atomic mass is 19.1. The first-order valence-electron chi connectivity index (χ1n) is 26.1. The van der Waals surface area contributed by atoms with Gasteiger partial charge < -0.3 is 51.2 Å². The van der Waals surface area contributed by atoms with E-state index in [9.17, 15) is 53.1 Å². The van der Waals surface area contributed by atoms with Crippen molar-refractivity contribution >= 4 is 64.1 Å². The van der Waals surface area contributed by atoms with E-state index in [0.29, 0.717) is 73.2 Å². The Labute approximate surface area is 447 Å². The van der Waals surface area contributed by atoms with Crippen LogP contribution in [0.15, 0.2) is 59.4 Å². The van der Waals surface area contributed by atoms with Crippen LogP contribution < -0.4 is 37.5 Å². The molecule has 5 heterocycles. The van der Waals surface area contributed by atoms with Crippen molar-refractivity contribution in [1.29, 1.82) is 0 Å². The van der Waals surface area contributed by atoms with Crippen molar-refractivity contribution in [2.24, 2.45) is 0 Å². The summed E-state index contributed by atoms with van der Waals surface area (Å²) in [4.78, 5) is 136. The van der Waals surface area contributed by atoms with E-state index in [0.717, 1.165) is 27.0 Å². The van der Waals surface area contributed by atoms with Gasteiger partial charge in [0.2, 0.25) is 35.4 Å². The fraction of sp³-hybridized carbons (Fsp3) is 0.436. The number of imide groups is 1. The average Bonchev–Trinajstić information content (AvgIpc) is 4.09. The van der Waals surface area contributed by atoms with Crippen LogP contribution in [0.3, 0.4) is 0 Å². The van der Waals surface area contributed by atoms with Gasteiger partial charge >= 0.3 is 5.97 Å². The standard InChI is InChI=1S/C55H63FN10O12/c1-4-55(77)36-24-41-51-34(29-66(41)53(75)35(36)30-78-54(55)76)50-38(15-14-33-31(2)37(56)25-39(63-51)49(33)50)61-43(68)18-21-64(3)22-19-57-44(69)27-60-52(74)40(23-32-11-7-5-8-12-32)62-46(71)28-59-45(70)26-58-42(67)13-9-6-10-20-65-47(72)16-17-48(65)73/h5,7-8,11-12,16-17,24-25,38,40,77H,4,6,9-10,13-15,18-23,26-30H2,1-3H3,(H,57,69)(H,58,67)(H,59,70)(H,60,74)(H,61,68)(H,62,71)/t38-,40?,55-/m0/s1. The summed E-state index contributed by atoms with van der Waals surface area (Å²) in [6.45, 7) is 2.94. The minimum atomic E-state index is -2.03. The van der Waals surface area contributed by atoms with Crippen LogP contribution in [0.2, 0.25) is 0 Å². The van der Waals surface area contributed by atoms with Gasteiger partial charge in [-0.2, -0.15) is 0 Å². The summed E-state index contributed by atoms with van der Waals surface area (Å²) in [7, 11) is 1.78. The van der Waals surface area contributed by atoms with E-state index in [2.05, 4.69) is 31.9 Å². The molecule has 0 radical (unpaired) electrons. The molecule has 8 rings (SSSR count). The van der Waals surface area contributed by atoms with E-state index in [1.165, 1.54) is 22.8 Å². The number of amides is 8. The number of aromatic nitrogens is 2. The normalized spacial score (nSPS) is 17.2. The van der Waals surface area contributed by atoms with Crippen LogP contribution in [-0.4, -0.2) is 137 Å². The van der Waals surface area contributed by atoms with E-state index in [1.54, 1.807) is 57.3 Å². The Bertz CT molecular complexity index is 3160. The Morgan fingerprint density at radius 3 is 2.29 bits per heavy atom. The first-order chi connectivity index (χ1) is 37.4. The second kappa shape index (κ2) is 24.4. The third kappa shape index (κ3) is 12.5. The monoisotopic (exact) mass is 1070 g/mol. The van der Waals surface area contributed by atoms with E-state index in [-0.39, 0.29) is 93.2 Å². The van der Waals surface area contributed by atoms with E-state index >= 15 is 4.39 Å². The predicted molar refractivity (Wildman–Crippen MR) is 279 cm³/mol. The largest absolute Gasteiger partial charge is 0.458 e. The number of hydrogen-bond donors (Lipinski definition) is 7. The van der Waals surface area contributed by atoms with Crippen molar-refractivity contribution in [1.82, 2.24) is 51.3 Å². The van der Waals surface area contributed by atoms with Gasteiger partial charge in [-0.3, -0.25) is 48.1 Å². The number of rotatable bonds is 24. The van der Waals surface area contributed by atoms with Crippen LogP contribution in [0.25, 0.3) is 22.3 Å². The summed E-state index contributed by atoms with van der Waals surface area (Å²) < 4.78 is 22.1. The zero-order valence-corrected chi connectivity index (χ0v) is 43.7. The molecule has 7 N–H and O–H groups in total. The fourth-order valence-corrected chi connectivity index (χ4v) is 10.3. The number of benzene rings is 2. The lowest BCUT2D eigenvalue weighted by Gasteiger charge is -2.31. The summed E-state index contributed by atoms with van der Waals surface area (Å²) in [5.41, 5.74) is 2.39. The molecule has 23 heteroatoms.